The SMILES string of the molecule is CCCCCC[B-](c1ccc(Cl)cc1)(c1ccc(Cl)cc1)c1ccc(Cl)cc1.Cc1c([NH3+])ccc(Cc2ccccc2)c1C. The predicted molar refractivity (Wildman–Crippen MR) is 196 cm³/mol. The lowest BCUT2D eigenvalue weighted by Gasteiger charge is -2.43. The molecule has 5 rings (SSSR count). The Hall–Kier alpha value is -3.01. The molecule has 3 N–H and O–H groups in total. The highest BCUT2D eigenvalue weighted by molar-refractivity contribution is 7.11. The Labute approximate surface area is 279 Å². The molecule has 0 amide bonds. The summed E-state index contributed by atoms with van der Waals surface area (Å²) in [5.41, 5.74) is 14.5. The van der Waals surface area contributed by atoms with Crippen molar-refractivity contribution in [1.82, 2.24) is 0 Å². The van der Waals surface area contributed by atoms with Crippen molar-refractivity contribution in [3.05, 3.63) is 153 Å². The lowest BCUT2D eigenvalue weighted by atomic mass is 9.14. The second kappa shape index (κ2) is 16.3. The van der Waals surface area contributed by atoms with Crippen LogP contribution in [0.1, 0.15) is 54.9 Å². The van der Waals surface area contributed by atoms with E-state index in [1.807, 2.05) is 36.4 Å². The zero-order valence-corrected chi connectivity index (χ0v) is 28.4. The first-order valence-electron chi connectivity index (χ1n) is 15.6. The number of quaternary nitrogens is 1. The van der Waals surface area contributed by atoms with E-state index in [1.54, 1.807) is 0 Å². The third kappa shape index (κ3) is 8.58. The standard InChI is InChI=1S/C24H25BCl3.C15H17N/c1-2-3-4-5-18-25(19-6-12-22(26)13-7-19,20-8-14-23(27)15-9-20)21-10-16-24(28)17-11-21;1-11-12(2)15(16)9-8-14(11)10-13-6-4-3-5-7-13/h6-17H,2-5,18H2,1H3;3-9H,10,16H2,1-2H3/q-1;/p+1. The lowest BCUT2D eigenvalue weighted by Crippen LogP contribution is -2.66. The first-order chi connectivity index (χ1) is 21.2. The van der Waals surface area contributed by atoms with Gasteiger partial charge in [0.15, 0.2) is 0 Å². The summed E-state index contributed by atoms with van der Waals surface area (Å²) in [7, 11) is 0. The highest BCUT2D eigenvalue weighted by Gasteiger charge is 2.29. The van der Waals surface area contributed by atoms with Crippen molar-refractivity contribution in [3.63, 3.8) is 0 Å². The van der Waals surface area contributed by atoms with Gasteiger partial charge in [0.25, 0.3) is 0 Å². The van der Waals surface area contributed by atoms with E-state index >= 15 is 0 Å². The highest BCUT2D eigenvalue weighted by Crippen LogP contribution is 2.22. The molecule has 0 aliphatic heterocycles. The van der Waals surface area contributed by atoms with E-state index in [1.165, 1.54) is 64.3 Å². The minimum absolute atomic E-state index is 0.756. The van der Waals surface area contributed by atoms with Crippen LogP contribution in [0.2, 0.25) is 21.4 Å². The Bertz CT molecular complexity index is 1490. The van der Waals surface area contributed by atoms with Crippen LogP contribution in [0.4, 0.5) is 5.69 Å². The minimum atomic E-state index is -1.15. The zero-order valence-electron chi connectivity index (χ0n) is 26.1. The molecule has 0 fully saturated rings. The molecule has 0 saturated carbocycles. The van der Waals surface area contributed by atoms with E-state index in [4.69, 9.17) is 34.8 Å². The van der Waals surface area contributed by atoms with Gasteiger partial charge in [-0.2, -0.15) is 22.7 Å². The van der Waals surface area contributed by atoms with E-state index in [0.717, 1.165) is 33.5 Å². The number of benzene rings is 5. The van der Waals surface area contributed by atoms with Crippen molar-refractivity contribution in [1.29, 1.82) is 0 Å². The van der Waals surface area contributed by atoms with Gasteiger partial charge in [-0.15, -0.1) is 0 Å². The molecule has 0 aliphatic rings. The summed E-state index contributed by atoms with van der Waals surface area (Å²) >= 11 is 18.6. The van der Waals surface area contributed by atoms with Gasteiger partial charge in [0.1, 0.15) is 5.69 Å². The molecule has 44 heavy (non-hydrogen) atoms. The van der Waals surface area contributed by atoms with Crippen LogP contribution in [-0.2, 0) is 6.42 Å². The fraction of sp³-hybridized carbons (Fsp3) is 0.231. The van der Waals surface area contributed by atoms with Crippen LogP contribution in [0.25, 0.3) is 0 Å². The van der Waals surface area contributed by atoms with Crippen molar-refractivity contribution in [3.8, 4) is 0 Å². The van der Waals surface area contributed by atoms with E-state index in [-0.39, 0.29) is 0 Å². The average molecular weight is 643 g/mol. The Morgan fingerprint density at radius 1 is 0.545 bits per heavy atom. The fourth-order valence-corrected chi connectivity index (χ4v) is 6.65. The molecule has 0 aromatic heterocycles. The summed E-state index contributed by atoms with van der Waals surface area (Å²) in [6.07, 6.45) is 5.82. The molecule has 0 aliphatic carbocycles. The topological polar surface area (TPSA) is 27.6 Å². The Kier molecular flexibility index (Phi) is 12.6. The van der Waals surface area contributed by atoms with Crippen LogP contribution >= 0.6 is 34.8 Å². The van der Waals surface area contributed by atoms with Crippen molar-refractivity contribution < 1.29 is 5.73 Å². The van der Waals surface area contributed by atoms with Gasteiger partial charge < -0.3 is 5.73 Å². The smallest absolute Gasteiger partial charge is 0.131 e. The van der Waals surface area contributed by atoms with E-state index in [2.05, 4.69) is 105 Å². The summed E-state index contributed by atoms with van der Waals surface area (Å²) in [4.78, 5) is 0. The quantitative estimate of drug-likeness (QED) is 0.116. The monoisotopic (exact) mass is 641 g/mol. The molecule has 5 aromatic rings. The second-order valence-corrected chi connectivity index (χ2v) is 13.2. The molecule has 1 nitrogen and oxygen atoms in total. The molecular formula is C39H43BCl3N. The summed E-state index contributed by atoms with van der Waals surface area (Å²) in [6, 6.07) is 39.9. The summed E-state index contributed by atoms with van der Waals surface area (Å²) in [5, 5.41) is 2.27. The maximum absolute atomic E-state index is 6.21. The van der Waals surface area contributed by atoms with E-state index < -0.39 is 6.15 Å². The first-order valence-corrected chi connectivity index (χ1v) is 16.8. The first kappa shape index (κ1) is 33.9. The maximum Gasteiger partial charge on any atom is 0.131 e. The summed E-state index contributed by atoms with van der Waals surface area (Å²) in [6.45, 7) is 6.57. The van der Waals surface area contributed by atoms with Gasteiger partial charge >= 0.3 is 0 Å². The highest BCUT2D eigenvalue weighted by atomic mass is 35.5. The molecule has 228 valence electrons. The van der Waals surface area contributed by atoms with Gasteiger partial charge in [-0.1, -0.05) is 140 Å². The minimum Gasteiger partial charge on any atom is -0.325 e. The molecule has 0 spiro atoms. The molecule has 0 bridgehead atoms. The second-order valence-electron chi connectivity index (χ2n) is 11.8. The van der Waals surface area contributed by atoms with Crippen LogP contribution in [0.5, 0.6) is 0 Å². The van der Waals surface area contributed by atoms with Crippen molar-refractivity contribution >= 4 is 63.0 Å². The van der Waals surface area contributed by atoms with Crippen LogP contribution in [0.15, 0.2) is 115 Å². The van der Waals surface area contributed by atoms with Crippen molar-refractivity contribution in [2.45, 2.75) is 59.2 Å². The zero-order chi connectivity index (χ0) is 31.5. The van der Waals surface area contributed by atoms with Crippen LogP contribution in [0.3, 0.4) is 0 Å². The fourth-order valence-electron chi connectivity index (χ4n) is 6.27. The lowest BCUT2D eigenvalue weighted by molar-refractivity contribution is -0.255. The van der Waals surface area contributed by atoms with E-state index in [9.17, 15) is 0 Å². The molecule has 5 aromatic carbocycles. The van der Waals surface area contributed by atoms with Crippen LogP contribution < -0.4 is 22.1 Å². The summed E-state index contributed by atoms with van der Waals surface area (Å²) in [5.74, 6) is 0. The largest absolute Gasteiger partial charge is 0.325 e. The van der Waals surface area contributed by atoms with Crippen LogP contribution in [-0.4, -0.2) is 6.15 Å². The summed E-state index contributed by atoms with van der Waals surface area (Å²) < 4.78 is 0. The molecule has 0 unspecified atom stereocenters. The van der Waals surface area contributed by atoms with Crippen LogP contribution in [0, 0.1) is 13.8 Å². The Morgan fingerprint density at radius 3 is 1.48 bits per heavy atom. The van der Waals surface area contributed by atoms with Gasteiger partial charge in [-0.3, -0.25) is 0 Å². The molecule has 0 saturated heterocycles. The number of halogens is 3. The Balaban J connectivity index is 0.000000233. The van der Waals surface area contributed by atoms with E-state index in [0.29, 0.717) is 0 Å². The van der Waals surface area contributed by atoms with Gasteiger partial charge in [-0.05, 0) is 79.4 Å². The van der Waals surface area contributed by atoms with Crippen molar-refractivity contribution in [2.75, 3.05) is 0 Å². The normalized spacial score (nSPS) is 11.2. The van der Waals surface area contributed by atoms with Gasteiger partial charge in [0.05, 0.1) is 6.15 Å². The Morgan fingerprint density at radius 2 is 1.02 bits per heavy atom. The number of hydrogen-bond donors (Lipinski definition) is 1. The number of hydrogen-bond acceptors (Lipinski definition) is 0. The third-order valence-electron chi connectivity index (χ3n) is 9.06. The maximum atomic E-state index is 6.21. The predicted octanol–water partition coefficient (Wildman–Crippen LogP) is 9.46. The average Bonchev–Trinajstić information content (AvgIpc) is 3.04. The van der Waals surface area contributed by atoms with Gasteiger partial charge in [-0.25, -0.2) is 0 Å². The molecule has 5 heteroatoms. The van der Waals surface area contributed by atoms with Gasteiger partial charge in [0, 0.05) is 20.6 Å². The molecule has 0 atom stereocenters. The third-order valence-corrected chi connectivity index (χ3v) is 9.81. The van der Waals surface area contributed by atoms with Crippen molar-refractivity contribution in [2.24, 2.45) is 0 Å². The van der Waals surface area contributed by atoms with Gasteiger partial charge in [0.2, 0.25) is 0 Å². The number of unbranched alkanes of at least 4 members (excludes halogenated alkanes) is 3. The number of rotatable bonds is 10. The molecular weight excluding hydrogens is 600 g/mol. The molecule has 0 radical (unpaired) electrons. The molecule has 0 heterocycles.